The summed E-state index contributed by atoms with van der Waals surface area (Å²) in [4.78, 5) is 0. The Kier molecular flexibility index (Phi) is 14.1. The van der Waals surface area contributed by atoms with E-state index in [-0.39, 0.29) is 46.5 Å². The van der Waals surface area contributed by atoms with E-state index in [4.69, 9.17) is 0 Å². The van der Waals surface area contributed by atoms with Gasteiger partial charge in [-0.3, -0.25) is 0 Å². The van der Waals surface area contributed by atoms with E-state index in [1.807, 2.05) is 30.3 Å². The molecule has 0 heterocycles. The summed E-state index contributed by atoms with van der Waals surface area (Å²) in [7, 11) is 0. The molecular weight excluding hydrogens is 865 g/mol. The largest absolute Gasteiger partial charge is 1.00 e. The van der Waals surface area contributed by atoms with E-state index in [1.54, 1.807) is 28.2 Å². The van der Waals surface area contributed by atoms with Crippen LogP contribution in [-0.4, -0.2) is 3.21 Å². The molecule has 4 aliphatic rings. The van der Waals surface area contributed by atoms with Crippen molar-refractivity contribution in [2.45, 2.75) is 87.0 Å². The second kappa shape index (κ2) is 17.2. The van der Waals surface area contributed by atoms with Gasteiger partial charge >= 0.3 is 137 Å². The molecule has 0 amide bonds. The number of fused-ring (bicyclic) bond motifs is 6. The van der Waals surface area contributed by atoms with Crippen LogP contribution >= 0.6 is 0 Å². The molecule has 0 spiro atoms. The maximum Gasteiger partial charge on any atom is -0.172 e. The molecule has 308 valence electrons. The van der Waals surface area contributed by atoms with Gasteiger partial charge in [-0.15, -0.1) is 6.92 Å². The van der Waals surface area contributed by atoms with Crippen molar-refractivity contribution in [1.82, 2.24) is 0 Å². The number of allylic oxidation sites excluding steroid dienone is 6. The van der Waals surface area contributed by atoms with Crippen LogP contribution in [0.2, 0.25) is 0 Å². The molecule has 0 N–H and O–H groups in total. The molecule has 8 rings (SSSR count). The second-order valence-electron chi connectivity index (χ2n) is 17.2. The minimum atomic E-state index is -4.41. The van der Waals surface area contributed by atoms with Gasteiger partial charge in [-0.25, -0.2) is 18.1 Å². The Labute approximate surface area is 367 Å². The topological polar surface area (TPSA) is 0 Å². The zero-order chi connectivity index (χ0) is 41.1. The standard InChI is InChI=1S/C29H37.C15H8F6.C5H5.2ClH.Zr/c1-18-25-22-17-19-13-9-10-14-20(19)24(22)21-15-11-12-16-23(21)29(25,8)28(6,7)27(4,5)26(18,2)3;16-14(17,18)12-5-1-10(2-6-12)9-11-3-7-13(8-4-11)15(19,20)21;1-2-4-5-3-1;;;/h9-11,13-15,23H,12,16-17H2,1-8H3;1-8H;1-5H;2*1H;/q-1;;-1;;;+2/p-2. The van der Waals surface area contributed by atoms with E-state index in [0.29, 0.717) is 20.3 Å². The summed E-state index contributed by atoms with van der Waals surface area (Å²) in [5, 5.41) is 0. The summed E-state index contributed by atoms with van der Waals surface area (Å²) in [6, 6.07) is 28.3. The molecule has 1 fully saturated rings. The van der Waals surface area contributed by atoms with Crippen molar-refractivity contribution in [2.75, 3.05) is 0 Å². The molecule has 4 aromatic rings. The zero-order valence-corrected chi connectivity index (χ0v) is 38.2. The quantitative estimate of drug-likeness (QED) is 0.141. The van der Waals surface area contributed by atoms with Gasteiger partial charge in [-0.05, 0) is 40.6 Å². The van der Waals surface area contributed by atoms with Crippen LogP contribution in [0.25, 0.3) is 5.57 Å². The van der Waals surface area contributed by atoms with Crippen molar-refractivity contribution in [3.8, 4) is 0 Å². The van der Waals surface area contributed by atoms with Crippen molar-refractivity contribution in [1.29, 1.82) is 0 Å². The summed E-state index contributed by atoms with van der Waals surface area (Å²) < 4.78 is 75.6. The van der Waals surface area contributed by atoms with Crippen LogP contribution in [0.3, 0.4) is 0 Å². The van der Waals surface area contributed by atoms with Crippen LogP contribution in [0.4, 0.5) is 26.3 Å². The van der Waals surface area contributed by atoms with E-state index >= 15 is 0 Å². The van der Waals surface area contributed by atoms with E-state index in [2.05, 4.69) is 91.8 Å². The first-order valence-corrected chi connectivity index (χ1v) is 20.5. The number of benzene rings is 3. The molecule has 1 saturated carbocycles. The van der Waals surface area contributed by atoms with Crippen LogP contribution in [0.5, 0.6) is 0 Å². The molecule has 0 saturated heterocycles. The van der Waals surface area contributed by atoms with Gasteiger partial charge in [-0.2, -0.15) is 29.3 Å². The fourth-order valence-corrected chi connectivity index (χ4v) is 10.5. The first-order chi connectivity index (χ1) is 26.1. The normalized spacial score (nSPS) is 22.0. The molecule has 0 aliphatic heterocycles. The Morgan fingerprint density at radius 2 is 1.21 bits per heavy atom. The number of rotatable bonds is 2. The van der Waals surface area contributed by atoms with Gasteiger partial charge in [-0.1, -0.05) is 113 Å². The van der Waals surface area contributed by atoms with Gasteiger partial charge in [0.15, 0.2) is 0 Å². The fourth-order valence-electron chi connectivity index (χ4n) is 9.71. The number of hydrogen-bond donors (Lipinski definition) is 0. The predicted octanol–water partition coefficient (Wildman–Crippen LogP) is 8.22. The monoisotopic (exact) mass is 912 g/mol. The molecule has 0 aromatic heterocycles. The second-order valence-corrected chi connectivity index (χ2v) is 18.5. The van der Waals surface area contributed by atoms with Crippen LogP contribution in [0, 0.1) is 33.5 Å². The van der Waals surface area contributed by atoms with Crippen molar-refractivity contribution in [3.63, 3.8) is 0 Å². The molecule has 9 heteroatoms. The van der Waals surface area contributed by atoms with Crippen LogP contribution in [-0.2, 0) is 43.0 Å². The molecule has 0 radical (unpaired) electrons. The molecule has 2 atom stereocenters. The van der Waals surface area contributed by atoms with E-state index in [9.17, 15) is 26.3 Å². The zero-order valence-electron chi connectivity index (χ0n) is 34.2. The number of alkyl halides is 6. The minimum absolute atomic E-state index is 0. The molecule has 0 bridgehead atoms. The van der Waals surface area contributed by atoms with Gasteiger partial charge < -0.3 is 24.8 Å². The first kappa shape index (κ1) is 47.7. The van der Waals surface area contributed by atoms with Gasteiger partial charge in [0.05, 0.1) is 0 Å². The Bertz CT molecular complexity index is 2090. The molecule has 4 aliphatic carbocycles. The fraction of sp³-hybridized carbons (Fsp3) is 0.367. The van der Waals surface area contributed by atoms with Crippen molar-refractivity contribution in [2.24, 2.45) is 27.6 Å². The van der Waals surface area contributed by atoms with Crippen LogP contribution in [0.15, 0.2) is 132 Å². The molecule has 0 nitrogen and oxygen atoms in total. The summed E-state index contributed by atoms with van der Waals surface area (Å²) in [5.41, 5.74) is 9.91. The van der Waals surface area contributed by atoms with Gasteiger partial charge in [0, 0.05) is 0 Å². The van der Waals surface area contributed by atoms with Crippen LogP contribution < -0.4 is 24.8 Å². The molecule has 4 aromatic carbocycles. The Morgan fingerprint density at radius 1 is 0.707 bits per heavy atom. The van der Waals surface area contributed by atoms with Gasteiger partial charge in [0.25, 0.3) is 0 Å². The third-order valence-electron chi connectivity index (χ3n) is 14.4. The Hall–Kier alpha value is -2.99. The van der Waals surface area contributed by atoms with Gasteiger partial charge in [0.1, 0.15) is 0 Å². The van der Waals surface area contributed by atoms with Crippen molar-refractivity contribution in [3.05, 3.63) is 171 Å². The Balaban J connectivity index is 0.000000228. The third-order valence-corrected chi connectivity index (χ3v) is 15.8. The molecular formula is C49H50Cl2F6Zr-2. The van der Waals surface area contributed by atoms with Crippen molar-refractivity contribution < 1.29 is 75.4 Å². The summed E-state index contributed by atoms with van der Waals surface area (Å²) >= 11 is 0.898. The average Bonchev–Trinajstić information content (AvgIpc) is 3.86. The van der Waals surface area contributed by atoms with E-state index in [1.165, 1.54) is 48.2 Å². The summed E-state index contributed by atoms with van der Waals surface area (Å²) in [6.07, 6.45) is -0.315. The van der Waals surface area contributed by atoms with E-state index in [0.717, 1.165) is 54.9 Å². The maximum atomic E-state index is 12.5. The first-order valence-electron chi connectivity index (χ1n) is 19.2. The summed E-state index contributed by atoms with van der Waals surface area (Å²) in [6.45, 7) is 20.3. The molecule has 2 unspecified atom stereocenters. The van der Waals surface area contributed by atoms with Crippen molar-refractivity contribution >= 4 is 8.78 Å². The predicted molar refractivity (Wildman–Crippen MR) is 212 cm³/mol. The number of halogens is 8. The maximum absolute atomic E-state index is 12.5. The Morgan fingerprint density at radius 3 is 1.67 bits per heavy atom. The van der Waals surface area contributed by atoms with Gasteiger partial charge in [0.2, 0.25) is 0 Å². The number of hydrogen-bond acceptors (Lipinski definition) is 0. The third kappa shape index (κ3) is 8.11. The summed E-state index contributed by atoms with van der Waals surface area (Å²) in [5.74, 6) is 2.24. The molecule has 58 heavy (non-hydrogen) atoms. The SMILES string of the molecule is C[C-]1C2=C3Cc4ccccc4C3=C3C=CCCC3C2(C)C(C)(C)C(C)(C)C1(C)C.FC(F)(F)c1ccc([C](=[Zr+2])c2ccc(C(F)(F)F)cc2)cc1.[Cl-].[Cl-].c1cc[cH-]c1. The van der Waals surface area contributed by atoms with E-state index < -0.39 is 23.5 Å². The smallest absolute Gasteiger partial charge is 0.172 e. The minimum Gasteiger partial charge on any atom is -1.00 e. The average molecular weight is 915 g/mol. The van der Waals surface area contributed by atoms with Crippen LogP contribution in [0.1, 0.15) is 102 Å².